The van der Waals surface area contributed by atoms with Crippen LogP contribution in [0.5, 0.6) is 0 Å². The van der Waals surface area contributed by atoms with E-state index in [4.69, 9.17) is 10.6 Å². The molecule has 0 atom stereocenters. The number of nitrogens with zero attached hydrogens (tertiary/aromatic N) is 3. The van der Waals surface area contributed by atoms with Crippen molar-refractivity contribution in [3.05, 3.63) is 18.3 Å². The molecular formula is C9H15N5O. The van der Waals surface area contributed by atoms with E-state index in [0.29, 0.717) is 17.5 Å². The lowest BCUT2D eigenvalue weighted by molar-refractivity contribution is 0.323. The number of nitrogens with two attached hydrogens (primary N) is 1. The number of amidine groups is 1. The number of hydrogen-bond donors (Lipinski definition) is 2. The minimum absolute atomic E-state index is 0.444. The fourth-order valence-corrected chi connectivity index (χ4v) is 0.934. The number of aromatic nitrogens is 1. The Bertz CT molecular complexity index is 350. The van der Waals surface area contributed by atoms with Gasteiger partial charge in [-0.3, -0.25) is 0 Å². The van der Waals surface area contributed by atoms with Gasteiger partial charge in [-0.25, -0.2) is 9.98 Å². The van der Waals surface area contributed by atoms with E-state index in [1.54, 1.807) is 30.3 Å². The van der Waals surface area contributed by atoms with Gasteiger partial charge < -0.3 is 15.5 Å². The molecule has 82 valence electrons. The van der Waals surface area contributed by atoms with Crippen LogP contribution in [-0.4, -0.2) is 37.0 Å². The number of rotatable bonds is 2. The zero-order chi connectivity index (χ0) is 11.3. The van der Waals surface area contributed by atoms with Gasteiger partial charge in [-0.1, -0.05) is 0 Å². The molecule has 0 fully saturated rings. The molecule has 0 saturated heterocycles. The highest BCUT2D eigenvalue weighted by molar-refractivity contribution is 5.74. The van der Waals surface area contributed by atoms with E-state index >= 15 is 0 Å². The summed E-state index contributed by atoms with van der Waals surface area (Å²) in [5, 5.41) is 0. The Morgan fingerprint density at radius 2 is 2.33 bits per heavy atom. The molecule has 0 aliphatic heterocycles. The van der Waals surface area contributed by atoms with E-state index in [0.717, 1.165) is 0 Å². The van der Waals surface area contributed by atoms with Crippen LogP contribution in [0.25, 0.3) is 0 Å². The molecule has 6 heteroatoms. The molecule has 0 bridgehead atoms. The average molecular weight is 209 g/mol. The minimum atomic E-state index is 0.444. The molecule has 1 aromatic rings. The second kappa shape index (κ2) is 5.04. The molecule has 0 radical (unpaired) electrons. The molecule has 0 amide bonds. The van der Waals surface area contributed by atoms with Crippen LogP contribution in [0.3, 0.4) is 0 Å². The molecule has 0 unspecified atom stereocenters. The normalized spacial score (nSPS) is 11.0. The first-order chi connectivity index (χ1) is 7.15. The van der Waals surface area contributed by atoms with Crippen LogP contribution in [0.2, 0.25) is 0 Å². The van der Waals surface area contributed by atoms with Crippen LogP contribution in [0.4, 0.5) is 11.5 Å². The van der Waals surface area contributed by atoms with Crippen LogP contribution in [-0.2, 0) is 4.84 Å². The second-order valence-electron chi connectivity index (χ2n) is 3.05. The quantitative estimate of drug-likeness (QED) is 0.423. The topological polar surface area (TPSA) is 75.8 Å². The maximum atomic E-state index is 5.67. The summed E-state index contributed by atoms with van der Waals surface area (Å²) in [6.45, 7) is 0. The Hall–Kier alpha value is -1.98. The predicted molar refractivity (Wildman–Crippen MR) is 60.4 cm³/mol. The van der Waals surface area contributed by atoms with Crippen molar-refractivity contribution in [2.45, 2.75) is 0 Å². The third kappa shape index (κ3) is 3.01. The van der Waals surface area contributed by atoms with Crippen molar-refractivity contribution in [2.24, 2.45) is 4.99 Å². The monoisotopic (exact) mass is 209 g/mol. The molecule has 1 aromatic heterocycles. The number of nitrogens with one attached hydrogen (secondary N) is 1. The first kappa shape index (κ1) is 11.1. The summed E-state index contributed by atoms with van der Waals surface area (Å²) in [5.41, 5.74) is 8.82. The predicted octanol–water partition coefficient (Wildman–Crippen LogP) is 0.555. The molecule has 6 nitrogen and oxygen atoms in total. The van der Waals surface area contributed by atoms with E-state index in [-0.39, 0.29) is 0 Å². The Labute approximate surface area is 88.7 Å². The van der Waals surface area contributed by atoms with Crippen LogP contribution >= 0.6 is 0 Å². The Kier molecular flexibility index (Phi) is 3.73. The Balaban J connectivity index is 2.61. The van der Waals surface area contributed by atoms with Gasteiger partial charge in [0.2, 0.25) is 0 Å². The number of pyridine rings is 1. The molecule has 0 aliphatic carbocycles. The van der Waals surface area contributed by atoms with Gasteiger partial charge in [-0.05, 0) is 12.1 Å². The second-order valence-corrected chi connectivity index (χ2v) is 3.05. The first-order valence-corrected chi connectivity index (χ1v) is 4.42. The van der Waals surface area contributed by atoms with E-state index in [1.807, 2.05) is 14.1 Å². The summed E-state index contributed by atoms with van der Waals surface area (Å²) in [4.78, 5) is 14.9. The van der Waals surface area contributed by atoms with E-state index in [9.17, 15) is 0 Å². The van der Waals surface area contributed by atoms with Crippen molar-refractivity contribution in [3.8, 4) is 0 Å². The van der Waals surface area contributed by atoms with Crippen LogP contribution in [0.15, 0.2) is 23.3 Å². The Morgan fingerprint density at radius 1 is 1.60 bits per heavy atom. The lowest BCUT2D eigenvalue weighted by Crippen LogP contribution is -2.27. The zero-order valence-corrected chi connectivity index (χ0v) is 9.06. The largest absolute Gasteiger partial charge is 0.396 e. The van der Waals surface area contributed by atoms with Gasteiger partial charge in [0.1, 0.15) is 0 Å². The third-order valence-corrected chi connectivity index (χ3v) is 1.65. The number of nitrogen functional groups attached to an aromatic ring is 1. The summed E-state index contributed by atoms with van der Waals surface area (Å²) in [6, 6.07) is 3.93. The summed E-state index contributed by atoms with van der Waals surface area (Å²) in [7, 11) is 5.29. The van der Waals surface area contributed by atoms with Crippen LogP contribution in [0.1, 0.15) is 0 Å². The van der Waals surface area contributed by atoms with Crippen molar-refractivity contribution in [2.75, 3.05) is 32.4 Å². The van der Waals surface area contributed by atoms with E-state index in [1.165, 1.54) is 0 Å². The highest BCUT2D eigenvalue weighted by Gasteiger charge is 2.04. The molecule has 0 aliphatic rings. The standard InChI is InChI=1S/C9H15N5O/c1-11-9(14(2)3)15-13-8-7(10)5-4-6-12-8/h4-6H,10H2,1-3H3,(H,12,13). The summed E-state index contributed by atoms with van der Waals surface area (Å²) >= 11 is 0. The van der Waals surface area contributed by atoms with Crippen molar-refractivity contribution in [1.29, 1.82) is 0 Å². The van der Waals surface area contributed by atoms with Crippen molar-refractivity contribution in [1.82, 2.24) is 9.88 Å². The van der Waals surface area contributed by atoms with Gasteiger partial charge in [0.15, 0.2) is 5.82 Å². The van der Waals surface area contributed by atoms with Gasteiger partial charge in [0.25, 0.3) is 0 Å². The molecular weight excluding hydrogens is 194 g/mol. The number of anilines is 2. The zero-order valence-electron chi connectivity index (χ0n) is 9.06. The maximum absolute atomic E-state index is 5.67. The molecule has 15 heavy (non-hydrogen) atoms. The average Bonchev–Trinajstić information content (AvgIpc) is 2.21. The van der Waals surface area contributed by atoms with E-state index in [2.05, 4.69) is 15.5 Å². The summed E-state index contributed by atoms with van der Waals surface area (Å²) in [6.07, 6.45) is 1.63. The summed E-state index contributed by atoms with van der Waals surface area (Å²) in [5.74, 6) is 0.473. The highest BCUT2D eigenvalue weighted by atomic mass is 16.7. The van der Waals surface area contributed by atoms with Crippen LogP contribution in [0, 0.1) is 0 Å². The fraction of sp³-hybridized carbons (Fsp3) is 0.333. The maximum Gasteiger partial charge on any atom is 0.313 e. The molecule has 3 N–H and O–H groups in total. The fourth-order valence-electron chi connectivity index (χ4n) is 0.934. The molecule has 0 saturated carbocycles. The van der Waals surface area contributed by atoms with Gasteiger partial charge in [0, 0.05) is 27.3 Å². The number of hydrogen-bond acceptors (Lipinski definition) is 5. The Morgan fingerprint density at radius 3 is 2.87 bits per heavy atom. The SMILES string of the molecule is CN=C(ONc1ncccc1N)N(C)C. The lowest BCUT2D eigenvalue weighted by atomic mass is 10.4. The molecule has 1 heterocycles. The first-order valence-electron chi connectivity index (χ1n) is 4.42. The van der Waals surface area contributed by atoms with Crippen LogP contribution < -0.4 is 11.2 Å². The van der Waals surface area contributed by atoms with Gasteiger partial charge in [0.05, 0.1) is 5.69 Å². The molecule has 0 spiro atoms. The van der Waals surface area contributed by atoms with Crippen molar-refractivity contribution >= 4 is 17.5 Å². The van der Waals surface area contributed by atoms with Crippen molar-refractivity contribution < 1.29 is 4.84 Å². The van der Waals surface area contributed by atoms with Gasteiger partial charge >= 0.3 is 6.02 Å². The highest BCUT2D eigenvalue weighted by Crippen LogP contribution is 2.12. The van der Waals surface area contributed by atoms with Gasteiger partial charge in [-0.2, -0.15) is 5.48 Å². The van der Waals surface area contributed by atoms with Crippen molar-refractivity contribution in [3.63, 3.8) is 0 Å². The summed E-state index contributed by atoms with van der Waals surface area (Å²) < 4.78 is 0. The third-order valence-electron chi connectivity index (χ3n) is 1.65. The number of aliphatic imine (C=N–C) groups is 1. The smallest absolute Gasteiger partial charge is 0.313 e. The van der Waals surface area contributed by atoms with Gasteiger partial charge in [-0.15, -0.1) is 0 Å². The minimum Gasteiger partial charge on any atom is -0.396 e. The molecule has 1 rings (SSSR count). The molecule has 0 aromatic carbocycles. The lowest BCUT2D eigenvalue weighted by Gasteiger charge is -2.15. The van der Waals surface area contributed by atoms with E-state index < -0.39 is 0 Å².